The Labute approximate surface area is 117 Å². The van der Waals surface area contributed by atoms with Crippen LogP contribution < -0.4 is 5.73 Å². The second-order valence-electron chi connectivity index (χ2n) is 4.08. The van der Waals surface area contributed by atoms with E-state index in [4.69, 9.17) is 10.2 Å². The van der Waals surface area contributed by atoms with Gasteiger partial charge in [-0.15, -0.1) is 11.3 Å². The van der Waals surface area contributed by atoms with Crippen molar-refractivity contribution in [2.24, 2.45) is 5.73 Å². The van der Waals surface area contributed by atoms with Crippen molar-refractivity contribution >= 4 is 38.2 Å². The Hall–Kier alpha value is -1.17. The van der Waals surface area contributed by atoms with Crippen LogP contribution in [0.5, 0.6) is 0 Å². The fourth-order valence-electron chi connectivity index (χ4n) is 2.02. The lowest BCUT2D eigenvalue weighted by Gasteiger charge is -2.05. The molecule has 3 nitrogen and oxygen atoms in total. The van der Waals surface area contributed by atoms with E-state index in [2.05, 4.69) is 20.9 Å². The molecule has 0 aliphatic rings. The van der Waals surface area contributed by atoms with E-state index in [0.29, 0.717) is 0 Å². The van der Waals surface area contributed by atoms with Crippen molar-refractivity contribution in [2.75, 3.05) is 0 Å². The minimum atomic E-state index is -0.295. The number of benzene rings is 1. The maximum Gasteiger partial charge on any atom is 0.135 e. The first-order valence-corrected chi connectivity index (χ1v) is 7.17. The van der Waals surface area contributed by atoms with Crippen molar-refractivity contribution < 1.29 is 4.42 Å². The van der Waals surface area contributed by atoms with E-state index in [1.807, 2.05) is 30.5 Å². The van der Waals surface area contributed by atoms with Crippen LogP contribution in [0.4, 0.5) is 0 Å². The normalized spacial score (nSPS) is 13.1. The van der Waals surface area contributed by atoms with Crippen molar-refractivity contribution in [1.29, 1.82) is 0 Å². The average molecular weight is 323 g/mol. The number of rotatable bonds is 2. The zero-order valence-corrected chi connectivity index (χ0v) is 12.1. The van der Waals surface area contributed by atoms with Gasteiger partial charge in [-0.2, -0.15) is 0 Å². The van der Waals surface area contributed by atoms with E-state index in [9.17, 15) is 0 Å². The number of hydrogen-bond donors (Lipinski definition) is 1. The predicted octanol–water partition coefficient (Wildman–Crippen LogP) is 4.01. The van der Waals surface area contributed by atoms with Gasteiger partial charge in [-0.05, 0) is 25.1 Å². The number of aromatic nitrogens is 1. The predicted molar refractivity (Wildman–Crippen MR) is 76.8 cm³/mol. The Morgan fingerprint density at radius 2 is 2.28 bits per heavy atom. The van der Waals surface area contributed by atoms with Gasteiger partial charge in [0, 0.05) is 27.0 Å². The third-order valence-electron chi connectivity index (χ3n) is 2.94. The number of nitrogens with two attached hydrogens (primary N) is 1. The molecule has 1 atom stereocenters. The van der Waals surface area contributed by atoms with Crippen molar-refractivity contribution in [3.05, 3.63) is 50.6 Å². The Morgan fingerprint density at radius 1 is 1.44 bits per heavy atom. The zero-order valence-electron chi connectivity index (χ0n) is 9.68. The van der Waals surface area contributed by atoms with Crippen LogP contribution in [-0.2, 0) is 0 Å². The van der Waals surface area contributed by atoms with Gasteiger partial charge in [0.25, 0.3) is 0 Å². The van der Waals surface area contributed by atoms with E-state index in [1.54, 1.807) is 17.5 Å². The molecule has 0 saturated heterocycles. The second kappa shape index (κ2) is 4.50. The average Bonchev–Trinajstić information content (AvgIpc) is 2.97. The largest absolute Gasteiger partial charge is 0.459 e. The molecule has 2 N–H and O–H groups in total. The topological polar surface area (TPSA) is 52.0 Å². The number of hydrogen-bond acceptors (Lipinski definition) is 4. The Kier molecular flexibility index (Phi) is 2.97. The highest BCUT2D eigenvalue weighted by atomic mass is 79.9. The van der Waals surface area contributed by atoms with Gasteiger partial charge in [-0.3, -0.25) is 0 Å². The number of halogens is 1. The lowest BCUT2D eigenvalue weighted by molar-refractivity contribution is 0.520. The maximum atomic E-state index is 6.21. The molecular weight excluding hydrogens is 312 g/mol. The van der Waals surface area contributed by atoms with Crippen LogP contribution >= 0.6 is 27.3 Å². The summed E-state index contributed by atoms with van der Waals surface area (Å²) in [4.78, 5) is 4.25. The molecule has 5 heteroatoms. The molecule has 2 aromatic heterocycles. The number of nitrogens with zero attached hydrogens (tertiary/aromatic N) is 1. The van der Waals surface area contributed by atoms with Gasteiger partial charge in [0.05, 0.1) is 0 Å². The summed E-state index contributed by atoms with van der Waals surface area (Å²) in [5.41, 5.74) is 8.14. The molecule has 3 aromatic rings. The molecule has 3 rings (SSSR count). The summed E-state index contributed by atoms with van der Waals surface area (Å²) in [6.07, 6.45) is 1.76. The molecule has 0 bridgehead atoms. The standard InChI is InChI=1S/C13H11BrN2OS/c1-7-9-3-2-8(14)6-10(9)17-12(7)11(15)13-16-4-5-18-13/h2-6,11H,15H2,1H3. The minimum absolute atomic E-state index is 0.295. The first-order chi connectivity index (χ1) is 8.66. The molecule has 2 heterocycles. The third-order valence-corrected chi connectivity index (χ3v) is 4.29. The number of thiazole rings is 1. The molecule has 0 aliphatic heterocycles. The van der Waals surface area contributed by atoms with E-state index in [0.717, 1.165) is 31.8 Å². The first-order valence-electron chi connectivity index (χ1n) is 5.50. The second-order valence-corrected chi connectivity index (χ2v) is 5.92. The summed E-state index contributed by atoms with van der Waals surface area (Å²) in [7, 11) is 0. The highest BCUT2D eigenvalue weighted by Crippen LogP contribution is 2.33. The number of fused-ring (bicyclic) bond motifs is 1. The van der Waals surface area contributed by atoms with E-state index >= 15 is 0 Å². The third kappa shape index (κ3) is 1.88. The van der Waals surface area contributed by atoms with E-state index in [1.165, 1.54) is 0 Å². The van der Waals surface area contributed by atoms with E-state index in [-0.39, 0.29) is 6.04 Å². The molecular formula is C13H11BrN2OS. The van der Waals surface area contributed by atoms with Crippen LogP contribution in [0, 0.1) is 6.92 Å². The summed E-state index contributed by atoms with van der Waals surface area (Å²) in [6, 6.07) is 5.71. The number of aryl methyl sites for hydroxylation is 1. The van der Waals surface area contributed by atoms with Gasteiger partial charge in [-0.1, -0.05) is 15.9 Å². The van der Waals surface area contributed by atoms with Crippen LogP contribution in [0.15, 0.2) is 38.7 Å². The molecule has 1 aromatic carbocycles. The molecule has 0 amide bonds. The van der Waals surface area contributed by atoms with Gasteiger partial charge < -0.3 is 10.2 Å². The number of furan rings is 1. The molecule has 0 aliphatic carbocycles. The van der Waals surface area contributed by atoms with Gasteiger partial charge in [0.2, 0.25) is 0 Å². The Balaban J connectivity index is 2.15. The van der Waals surface area contributed by atoms with Crippen molar-refractivity contribution in [3.63, 3.8) is 0 Å². The van der Waals surface area contributed by atoms with Crippen molar-refractivity contribution in [2.45, 2.75) is 13.0 Å². The van der Waals surface area contributed by atoms with Gasteiger partial charge in [-0.25, -0.2) is 4.98 Å². The quantitative estimate of drug-likeness (QED) is 0.775. The lowest BCUT2D eigenvalue weighted by Crippen LogP contribution is -2.11. The van der Waals surface area contributed by atoms with Gasteiger partial charge in [0.15, 0.2) is 0 Å². The van der Waals surface area contributed by atoms with Crippen LogP contribution in [0.1, 0.15) is 22.4 Å². The molecule has 1 unspecified atom stereocenters. The summed E-state index contributed by atoms with van der Waals surface area (Å²) in [6.45, 7) is 2.03. The summed E-state index contributed by atoms with van der Waals surface area (Å²) in [5, 5.41) is 3.89. The first kappa shape index (κ1) is 11.9. The highest BCUT2D eigenvalue weighted by Gasteiger charge is 2.20. The molecule has 0 radical (unpaired) electrons. The summed E-state index contributed by atoms with van der Waals surface area (Å²) < 4.78 is 6.88. The lowest BCUT2D eigenvalue weighted by atomic mass is 10.1. The molecule has 0 spiro atoms. The smallest absolute Gasteiger partial charge is 0.135 e. The van der Waals surface area contributed by atoms with Crippen LogP contribution in [0.25, 0.3) is 11.0 Å². The van der Waals surface area contributed by atoms with Crippen LogP contribution in [0.3, 0.4) is 0 Å². The maximum absolute atomic E-state index is 6.21. The fourth-order valence-corrected chi connectivity index (χ4v) is 2.99. The van der Waals surface area contributed by atoms with Crippen molar-refractivity contribution in [3.8, 4) is 0 Å². The van der Waals surface area contributed by atoms with Gasteiger partial charge >= 0.3 is 0 Å². The summed E-state index contributed by atoms with van der Waals surface area (Å²) in [5.74, 6) is 0.790. The monoisotopic (exact) mass is 322 g/mol. The zero-order chi connectivity index (χ0) is 12.7. The van der Waals surface area contributed by atoms with E-state index < -0.39 is 0 Å². The molecule has 92 valence electrons. The minimum Gasteiger partial charge on any atom is -0.459 e. The van der Waals surface area contributed by atoms with Crippen LogP contribution in [-0.4, -0.2) is 4.98 Å². The molecule has 0 fully saturated rings. The van der Waals surface area contributed by atoms with Crippen LogP contribution in [0.2, 0.25) is 0 Å². The summed E-state index contributed by atoms with van der Waals surface area (Å²) >= 11 is 4.98. The SMILES string of the molecule is Cc1c(C(N)c2nccs2)oc2cc(Br)ccc12. The Bertz CT molecular complexity index is 690. The molecule has 0 saturated carbocycles. The molecule has 18 heavy (non-hydrogen) atoms. The van der Waals surface area contributed by atoms with Gasteiger partial charge in [0.1, 0.15) is 22.4 Å². The fraction of sp³-hybridized carbons (Fsp3) is 0.154. The highest BCUT2D eigenvalue weighted by molar-refractivity contribution is 9.10. The van der Waals surface area contributed by atoms with Crippen molar-refractivity contribution in [1.82, 2.24) is 4.98 Å². The Morgan fingerprint density at radius 3 is 3.00 bits per heavy atom.